The summed E-state index contributed by atoms with van der Waals surface area (Å²) in [5.41, 5.74) is 2.07. The molecule has 154 valence electrons. The molecular formula is C23H21F2N3O2. The maximum atomic E-state index is 13.6. The van der Waals surface area contributed by atoms with Crippen LogP contribution in [0.15, 0.2) is 72.8 Å². The van der Waals surface area contributed by atoms with Crippen LogP contribution in [0.1, 0.15) is 23.2 Å². The van der Waals surface area contributed by atoms with Crippen molar-refractivity contribution < 1.29 is 18.4 Å². The van der Waals surface area contributed by atoms with Gasteiger partial charge in [-0.25, -0.2) is 8.78 Å². The molecule has 0 bridgehead atoms. The van der Waals surface area contributed by atoms with Crippen LogP contribution >= 0.6 is 0 Å². The molecule has 0 aliphatic carbocycles. The predicted molar refractivity (Wildman–Crippen MR) is 113 cm³/mol. The minimum Gasteiger partial charge on any atom is -0.354 e. The van der Waals surface area contributed by atoms with Crippen molar-refractivity contribution in [1.82, 2.24) is 5.32 Å². The number of anilines is 3. The lowest BCUT2D eigenvalue weighted by atomic mass is 10.2. The minimum atomic E-state index is -0.923. The average molecular weight is 409 g/mol. The van der Waals surface area contributed by atoms with Crippen molar-refractivity contribution in [3.05, 3.63) is 90.0 Å². The molecule has 30 heavy (non-hydrogen) atoms. The Balaban J connectivity index is 1.48. The van der Waals surface area contributed by atoms with Gasteiger partial charge in [0.2, 0.25) is 5.91 Å². The Hall–Kier alpha value is -3.74. The average Bonchev–Trinajstić information content (AvgIpc) is 2.73. The number of hydrogen-bond donors (Lipinski definition) is 3. The van der Waals surface area contributed by atoms with Crippen LogP contribution in [0, 0.1) is 11.6 Å². The fourth-order valence-corrected chi connectivity index (χ4v) is 2.81. The molecule has 0 atom stereocenters. The molecule has 0 saturated carbocycles. The van der Waals surface area contributed by atoms with E-state index in [1.807, 2.05) is 48.5 Å². The summed E-state index contributed by atoms with van der Waals surface area (Å²) in [7, 11) is 0. The Kier molecular flexibility index (Phi) is 7.10. The Morgan fingerprint density at radius 3 is 2.27 bits per heavy atom. The monoisotopic (exact) mass is 409 g/mol. The van der Waals surface area contributed by atoms with E-state index >= 15 is 0 Å². The summed E-state index contributed by atoms with van der Waals surface area (Å²) in [6, 6.07) is 19.7. The van der Waals surface area contributed by atoms with Crippen molar-refractivity contribution in [3.63, 3.8) is 0 Å². The van der Waals surface area contributed by atoms with E-state index in [1.165, 1.54) is 0 Å². The molecule has 0 aliphatic heterocycles. The van der Waals surface area contributed by atoms with Gasteiger partial charge in [0.05, 0.1) is 16.9 Å². The molecule has 0 saturated heterocycles. The van der Waals surface area contributed by atoms with Gasteiger partial charge in [0, 0.05) is 24.7 Å². The van der Waals surface area contributed by atoms with Crippen LogP contribution in [0.3, 0.4) is 0 Å². The highest BCUT2D eigenvalue weighted by Gasteiger charge is 2.12. The second kappa shape index (κ2) is 10.2. The zero-order valence-corrected chi connectivity index (χ0v) is 16.1. The largest absolute Gasteiger partial charge is 0.354 e. The van der Waals surface area contributed by atoms with Gasteiger partial charge < -0.3 is 16.0 Å². The first-order valence-electron chi connectivity index (χ1n) is 9.47. The molecular weight excluding hydrogens is 388 g/mol. The van der Waals surface area contributed by atoms with Crippen LogP contribution < -0.4 is 16.0 Å². The van der Waals surface area contributed by atoms with Gasteiger partial charge in [-0.15, -0.1) is 0 Å². The van der Waals surface area contributed by atoms with Crippen LogP contribution in [0.4, 0.5) is 25.8 Å². The molecule has 3 rings (SSSR count). The Morgan fingerprint density at radius 1 is 0.833 bits per heavy atom. The highest BCUT2D eigenvalue weighted by Crippen LogP contribution is 2.25. The van der Waals surface area contributed by atoms with Crippen molar-refractivity contribution in [2.24, 2.45) is 0 Å². The molecule has 7 heteroatoms. The summed E-state index contributed by atoms with van der Waals surface area (Å²) < 4.78 is 26.5. The van der Waals surface area contributed by atoms with Crippen molar-refractivity contribution in [1.29, 1.82) is 0 Å². The zero-order valence-electron chi connectivity index (χ0n) is 16.1. The highest BCUT2D eigenvalue weighted by atomic mass is 19.1. The van der Waals surface area contributed by atoms with Crippen molar-refractivity contribution in [2.45, 2.75) is 12.8 Å². The third kappa shape index (κ3) is 5.88. The molecule has 2 amide bonds. The van der Waals surface area contributed by atoms with E-state index in [9.17, 15) is 18.4 Å². The molecule has 3 N–H and O–H groups in total. The van der Waals surface area contributed by atoms with Gasteiger partial charge in [-0.3, -0.25) is 9.59 Å². The van der Waals surface area contributed by atoms with Gasteiger partial charge in [0.15, 0.2) is 0 Å². The van der Waals surface area contributed by atoms with E-state index in [4.69, 9.17) is 0 Å². The van der Waals surface area contributed by atoms with E-state index in [0.717, 1.165) is 23.5 Å². The SMILES string of the molecule is O=C(CCCNC(=O)c1ccc(F)cc1F)Nc1ccccc1Nc1ccccc1. The molecule has 0 aromatic heterocycles. The Bertz CT molecular complexity index is 1030. The van der Waals surface area contributed by atoms with Crippen LogP contribution in [-0.2, 0) is 4.79 Å². The van der Waals surface area contributed by atoms with Crippen LogP contribution in [0.5, 0.6) is 0 Å². The molecule has 5 nitrogen and oxygen atoms in total. The molecule has 3 aromatic rings. The fourth-order valence-electron chi connectivity index (χ4n) is 2.81. The number of benzene rings is 3. The highest BCUT2D eigenvalue weighted by molar-refractivity contribution is 5.95. The van der Waals surface area contributed by atoms with Gasteiger partial charge in [-0.05, 0) is 42.8 Å². The molecule has 0 spiro atoms. The molecule has 3 aromatic carbocycles. The van der Waals surface area contributed by atoms with Crippen LogP contribution in [0.25, 0.3) is 0 Å². The summed E-state index contributed by atoms with van der Waals surface area (Å²) in [5.74, 6) is -2.53. The summed E-state index contributed by atoms with van der Waals surface area (Å²) >= 11 is 0. The maximum Gasteiger partial charge on any atom is 0.254 e. The number of para-hydroxylation sites is 3. The van der Waals surface area contributed by atoms with E-state index in [0.29, 0.717) is 18.2 Å². The second-order valence-corrected chi connectivity index (χ2v) is 6.57. The first-order valence-corrected chi connectivity index (χ1v) is 9.47. The van der Waals surface area contributed by atoms with E-state index < -0.39 is 17.5 Å². The van der Waals surface area contributed by atoms with Gasteiger partial charge in [-0.2, -0.15) is 0 Å². The van der Waals surface area contributed by atoms with Gasteiger partial charge >= 0.3 is 0 Å². The number of rotatable bonds is 8. The van der Waals surface area contributed by atoms with Gasteiger partial charge in [0.25, 0.3) is 5.91 Å². The van der Waals surface area contributed by atoms with Crippen molar-refractivity contribution >= 4 is 28.9 Å². The summed E-state index contributed by atoms with van der Waals surface area (Å²) in [4.78, 5) is 24.2. The number of amides is 2. The van der Waals surface area contributed by atoms with Crippen molar-refractivity contribution in [3.8, 4) is 0 Å². The lowest BCUT2D eigenvalue weighted by Gasteiger charge is -2.13. The number of carbonyl (C=O) groups excluding carboxylic acids is 2. The lowest BCUT2D eigenvalue weighted by Crippen LogP contribution is -2.26. The molecule has 0 unspecified atom stereocenters. The fraction of sp³-hybridized carbons (Fsp3) is 0.130. The first kappa shape index (κ1) is 21.0. The van der Waals surface area contributed by atoms with Gasteiger partial charge in [0.1, 0.15) is 11.6 Å². The van der Waals surface area contributed by atoms with E-state index in [1.54, 1.807) is 6.07 Å². The van der Waals surface area contributed by atoms with Gasteiger partial charge in [-0.1, -0.05) is 30.3 Å². The molecule has 0 fully saturated rings. The Morgan fingerprint density at radius 2 is 1.53 bits per heavy atom. The first-order chi connectivity index (χ1) is 14.5. The Labute approximate surface area is 173 Å². The third-order valence-corrected chi connectivity index (χ3v) is 4.30. The van der Waals surface area contributed by atoms with Crippen LogP contribution in [0.2, 0.25) is 0 Å². The second-order valence-electron chi connectivity index (χ2n) is 6.57. The van der Waals surface area contributed by atoms with E-state index in [2.05, 4.69) is 16.0 Å². The summed E-state index contributed by atoms with van der Waals surface area (Å²) in [6.07, 6.45) is 0.542. The normalized spacial score (nSPS) is 10.3. The molecule has 0 aliphatic rings. The standard InChI is InChI=1S/C23H21F2N3O2/c24-16-12-13-18(19(25)15-16)23(30)26-14-6-11-22(29)28-21-10-5-4-9-20(21)27-17-7-2-1-3-8-17/h1-5,7-10,12-13,15,27H,6,11,14H2,(H,26,30)(H,28,29). The molecule has 0 heterocycles. The number of hydrogen-bond acceptors (Lipinski definition) is 3. The topological polar surface area (TPSA) is 70.2 Å². The number of nitrogens with one attached hydrogen (secondary N) is 3. The maximum absolute atomic E-state index is 13.6. The van der Waals surface area contributed by atoms with E-state index in [-0.39, 0.29) is 24.4 Å². The van der Waals surface area contributed by atoms with Crippen LogP contribution in [-0.4, -0.2) is 18.4 Å². The predicted octanol–water partition coefficient (Wildman–Crippen LogP) is 4.86. The zero-order chi connectivity index (χ0) is 21.3. The summed E-state index contributed by atoms with van der Waals surface area (Å²) in [6.45, 7) is 0.187. The number of carbonyl (C=O) groups is 2. The minimum absolute atomic E-state index is 0.172. The van der Waals surface area contributed by atoms with Crippen molar-refractivity contribution in [2.75, 3.05) is 17.2 Å². The quantitative estimate of drug-likeness (QED) is 0.466. The molecule has 0 radical (unpaired) electrons. The number of halogens is 2. The lowest BCUT2D eigenvalue weighted by molar-refractivity contribution is -0.116. The third-order valence-electron chi connectivity index (χ3n) is 4.30. The summed E-state index contributed by atoms with van der Waals surface area (Å²) in [5, 5.41) is 8.63. The smallest absolute Gasteiger partial charge is 0.254 e.